The van der Waals surface area contributed by atoms with Crippen molar-refractivity contribution >= 4 is 5.91 Å². The number of hydrogen-bond donors (Lipinski definition) is 1. The summed E-state index contributed by atoms with van der Waals surface area (Å²) in [6.45, 7) is 2.96. The molecule has 2 atom stereocenters. The van der Waals surface area contributed by atoms with Crippen LogP contribution in [0.15, 0.2) is 54.6 Å². The van der Waals surface area contributed by atoms with E-state index in [2.05, 4.69) is 64.8 Å². The van der Waals surface area contributed by atoms with E-state index in [1.54, 1.807) is 0 Å². The Labute approximate surface area is 155 Å². The number of rotatable bonds is 2. The number of benzene rings is 2. The summed E-state index contributed by atoms with van der Waals surface area (Å²) in [5.74, 6) is 0.622. The molecule has 26 heavy (non-hydrogen) atoms. The van der Waals surface area contributed by atoms with Gasteiger partial charge in [-0.3, -0.25) is 4.79 Å². The number of piperidine rings is 1. The summed E-state index contributed by atoms with van der Waals surface area (Å²) in [7, 11) is 0. The van der Waals surface area contributed by atoms with Crippen LogP contribution in [-0.2, 0) is 11.2 Å². The molecule has 1 aliphatic carbocycles. The summed E-state index contributed by atoms with van der Waals surface area (Å²) in [5.41, 5.74) is 4.21. The van der Waals surface area contributed by atoms with Gasteiger partial charge in [-0.2, -0.15) is 0 Å². The van der Waals surface area contributed by atoms with Gasteiger partial charge >= 0.3 is 0 Å². The lowest BCUT2D eigenvalue weighted by atomic mass is 9.86. The highest BCUT2D eigenvalue weighted by molar-refractivity contribution is 5.84. The van der Waals surface area contributed by atoms with E-state index >= 15 is 0 Å². The van der Waals surface area contributed by atoms with Gasteiger partial charge in [-0.25, -0.2) is 0 Å². The fourth-order valence-corrected chi connectivity index (χ4v) is 5.17. The fourth-order valence-electron chi connectivity index (χ4n) is 5.17. The lowest BCUT2D eigenvalue weighted by molar-refractivity contribution is -0.135. The van der Waals surface area contributed by atoms with Crippen LogP contribution in [-0.4, -0.2) is 30.4 Å². The Morgan fingerprint density at radius 3 is 2.54 bits per heavy atom. The molecule has 1 amide bonds. The Bertz CT molecular complexity index is 810. The minimum Gasteiger partial charge on any atom is -0.331 e. The van der Waals surface area contributed by atoms with E-state index in [1.807, 2.05) is 0 Å². The number of amides is 1. The molecule has 3 heteroatoms. The summed E-state index contributed by atoms with van der Waals surface area (Å²) in [4.78, 5) is 15.7. The summed E-state index contributed by atoms with van der Waals surface area (Å²) >= 11 is 0. The van der Waals surface area contributed by atoms with Gasteiger partial charge in [0.25, 0.3) is 0 Å². The first kappa shape index (κ1) is 16.1. The van der Waals surface area contributed by atoms with Gasteiger partial charge in [0.2, 0.25) is 5.91 Å². The lowest BCUT2D eigenvalue weighted by Crippen LogP contribution is -2.43. The van der Waals surface area contributed by atoms with Crippen molar-refractivity contribution in [2.75, 3.05) is 19.6 Å². The highest BCUT2D eigenvalue weighted by atomic mass is 16.2. The summed E-state index contributed by atoms with van der Waals surface area (Å²) in [6, 6.07) is 19.3. The normalized spacial score (nSPS) is 26.4. The molecular weight excluding hydrogens is 320 g/mol. The molecule has 1 N–H and O–H groups in total. The van der Waals surface area contributed by atoms with Crippen molar-refractivity contribution in [2.24, 2.45) is 11.3 Å². The van der Waals surface area contributed by atoms with Crippen LogP contribution in [0.1, 0.15) is 42.0 Å². The standard InChI is InChI=1S/C23H26N2O/c26-22(20-16-23(20)11-13-24-14-12-23)25-15-10-17-6-4-5-9-19(17)21(25)18-7-2-1-3-8-18/h1-9,20-21,24H,10-16H2. The van der Waals surface area contributed by atoms with Crippen molar-refractivity contribution in [3.05, 3.63) is 71.3 Å². The molecule has 0 radical (unpaired) electrons. The molecular formula is C23H26N2O. The molecule has 2 unspecified atom stereocenters. The smallest absolute Gasteiger partial charge is 0.227 e. The highest BCUT2D eigenvalue weighted by Crippen LogP contribution is 2.59. The molecule has 2 heterocycles. The van der Waals surface area contributed by atoms with Gasteiger partial charge in [-0.1, -0.05) is 54.6 Å². The van der Waals surface area contributed by atoms with E-state index in [1.165, 1.54) is 16.7 Å². The summed E-state index contributed by atoms with van der Waals surface area (Å²) in [6.07, 6.45) is 4.37. The predicted octanol–water partition coefficient (Wildman–Crippen LogP) is 3.55. The van der Waals surface area contributed by atoms with Crippen LogP contribution in [0.4, 0.5) is 0 Å². The Kier molecular flexibility index (Phi) is 3.86. The van der Waals surface area contributed by atoms with Crippen molar-refractivity contribution in [2.45, 2.75) is 31.7 Å². The summed E-state index contributed by atoms with van der Waals surface area (Å²) in [5, 5.41) is 3.44. The zero-order chi connectivity index (χ0) is 17.6. The van der Waals surface area contributed by atoms with Gasteiger partial charge in [0, 0.05) is 12.5 Å². The average Bonchev–Trinajstić information content (AvgIpc) is 3.40. The highest BCUT2D eigenvalue weighted by Gasteiger charge is 2.59. The first-order valence-electron chi connectivity index (χ1n) is 9.92. The van der Waals surface area contributed by atoms with Crippen LogP contribution in [0.2, 0.25) is 0 Å². The molecule has 3 nitrogen and oxygen atoms in total. The SMILES string of the molecule is O=C(C1CC12CCNCC2)N1CCc2ccccc2C1c1ccccc1. The second-order valence-corrected chi connectivity index (χ2v) is 8.16. The molecule has 2 aromatic rings. The zero-order valence-electron chi connectivity index (χ0n) is 15.2. The molecule has 5 rings (SSSR count). The minimum absolute atomic E-state index is 0.0630. The second-order valence-electron chi connectivity index (χ2n) is 8.16. The number of hydrogen-bond acceptors (Lipinski definition) is 2. The maximum Gasteiger partial charge on any atom is 0.227 e. The molecule has 0 bridgehead atoms. The average molecular weight is 346 g/mol. The van der Waals surface area contributed by atoms with Crippen molar-refractivity contribution in [1.29, 1.82) is 0 Å². The first-order chi connectivity index (χ1) is 12.8. The van der Waals surface area contributed by atoms with E-state index in [4.69, 9.17) is 0 Å². The van der Waals surface area contributed by atoms with Gasteiger partial charge in [0.15, 0.2) is 0 Å². The number of carbonyl (C=O) groups excluding carboxylic acids is 1. The van der Waals surface area contributed by atoms with Crippen LogP contribution in [0, 0.1) is 11.3 Å². The quantitative estimate of drug-likeness (QED) is 0.902. The summed E-state index contributed by atoms with van der Waals surface area (Å²) < 4.78 is 0. The third-order valence-corrected chi connectivity index (χ3v) is 6.77. The Morgan fingerprint density at radius 2 is 1.73 bits per heavy atom. The third-order valence-electron chi connectivity index (χ3n) is 6.77. The van der Waals surface area contributed by atoms with E-state index < -0.39 is 0 Å². The molecule has 1 saturated carbocycles. The van der Waals surface area contributed by atoms with Gasteiger partial charge in [0.1, 0.15) is 0 Å². The Morgan fingerprint density at radius 1 is 1.00 bits per heavy atom. The lowest BCUT2D eigenvalue weighted by Gasteiger charge is -2.38. The predicted molar refractivity (Wildman–Crippen MR) is 103 cm³/mol. The maximum absolute atomic E-state index is 13.5. The van der Waals surface area contributed by atoms with Gasteiger partial charge in [0.05, 0.1) is 6.04 Å². The van der Waals surface area contributed by atoms with Gasteiger partial charge in [-0.05, 0) is 60.9 Å². The fraction of sp³-hybridized carbons (Fsp3) is 0.435. The first-order valence-corrected chi connectivity index (χ1v) is 9.92. The molecule has 2 aromatic carbocycles. The molecule has 1 spiro atoms. The molecule has 2 fully saturated rings. The molecule has 3 aliphatic rings. The van der Waals surface area contributed by atoms with Crippen LogP contribution in [0.5, 0.6) is 0 Å². The zero-order valence-corrected chi connectivity index (χ0v) is 15.2. The minimum atomic E-state index is 0.0630. The third kappa shape index (κ3) is 2.57. The number of fused-ring (bicyclic) bond motifs is 1. The van der Waals surface area contributed by atoms with E-state index in [0.29, 0.717) is 11.3 Å². The van der Waals surface area contributed by atoms with Crippen LogP contribution in [0.3, 0.4) is 0 Å². The second kappa shape index (κ2) is 6.24. The molecule has 134 valence electrons. The van der Waals surface area contributed by atoms with Crippen LogP contribution in [0.25, 0.3) is 0 Å². The van der Waals surface area contributed by atoms with Crippen LogP contribution < -0.4 is 5.32 Å². The van der Waals surface area contributed by atoms with Crippen molar-refractivity contribution in [3.8, 4) is 0 Å². The largest absolute Gasteiger partial charge is 0.331 e. The molecule has 1 saturated heterocycles. The Hall–Kier alpha value is -2.13. The Balaban J connectivity index is 1.49. The molecule has 0 aromatic heterocycles. The van der Waals surface area contributed by atoms with E-state index in [-0.39, 0.29) is 12.0 Å². The van der Waals surface area contributed by atoms with Crippen molar-refractivity contribution < 1.29 is 4.79 Å². The topological polar surface area (TPSA) is 32.3 Å². The monoisotopic (exact) mass is 346 g/mol. The van der Waals surface area contributed by atoms with E-state index in [9.17, 15) is 4.79 Å². The van der Waals surface area contributed by atoms with Gasteiger partial charge in [-0.15, -0.1) is 0 Å². The van der Waals surface area contributed by atoms with Gasteiger partial charge < -0.3 is 10.2 Å². The van der Waals surface area contributed by atoms with E-state index in [0.717, 1.165) is 45.3 Å². The number of nitrogens with zero attached hydrogens (tertiary/aromatic N) is 1. The maximum atomic E-state index is 13.5. The molecule has 2 aliphatic heterocycles. The van der Waals surface area contributed by atoms with Crippen LogP contribution >= 0.6 is 0 Å². The number of nitrogens with one attached hydrogen (secondary N) is 1. The number of carbonyl (C=O) groups is 1. The van der Waals surface area contributed by atoms with Crippen molar-refractivity contribution in [1.82, 2.24) is 10.2 Å². The van der Waals surface area contributed by atoms with Crippen molar-refractivity contribution in [3.63, 3.8) is 0 Å².